The third-order valence-corrected chi connectivity index (χ3v) is 8.74. The van der Waals surface area contributed by atoms with Crippen LogP contribution >= 0.6 is 11.8 Å². The number of fused-ring (bicyclic) bond motifs is 1. The van der Waals surface area contributed by atoms with Crippen molar-refractivity contribution in [1.29, 1.82) is 0 Å². The van der Waals surface area contributed by atoms with Crippen molar-refractivity contribution < 1.29 is 19.1 Å². The first-order valence-corrected chi connectivity index (χ1v) is 13.3. The second-order valence-corrected chi connectivity index (χ2v) is 10.7. The summed E-state index contributed by atoms with van der Waals surface area (Å²) in [5, 5.41) is 8.86. The van der Waals surface area contributed by atoms with E-state index < -0.39 is 11.5 Å². The van der Waals surface area contributed by atoms with Crippen LogP contribution in [-0.4, -0.2) is 41.7 Å². The SMILES string of the molecule is CCOC(=O)NC(=O)C1(C2CCCCC2)CCSC1NC(=O)C1CC(C)Nc2ccccc21. The Morgan fingerprint density at radius 2 is 1.94 bits per heavy atom. The van der Waals surface area contributed by atoms with Crippen LogP contribution in [0.3, 0.4) is 0 Å². The summed E-state index contributed by atoms with van der Waals surface area (Å²) in [6.45, 7) is 4.00. The van der Waals surface area contributed by atoms with Crippen molar-refractivity contribution in [2.24, 2.45) is 11.3 Å². The molecule has 1 aliphatic carbocycles. The molecule has 2 aliphatic heterocycles. The maximum atomic E-state index is 13.6. The van der Waals surface area contributed by atoms with Crippen LogP contribution in [0.5, 0.6) is 0 Å². The van der Waals surface area contributed by atoms with E-state index in [0.717, 1.165) is 42.7 Å². The van der Waals surface area contributed by atoms with Crippen molar-refractivity contribution in [2.45, 2.75) is 76.1 Å². The summed E-state index contributed by atoms with van der Waals surface area (Å²) in [6.07, 6.45) is 5.84. The Labute approximate surface area is 200 Å². The summed E-state index contributed by atoms with van der Waals surface area (Å²) in [5.74, 6) is 0.300. The Bertz CT molecular complexity index is 888. The summed E-state index contributed by atoms with van der Waals surface area (Å²) >= 11 is 1.63. The number of amides is 3. The minimum atomic E-state index is -0.800. The average molecular weight is 474 g/mol. The molecule has 1 saturated heterocycles. The molecule has 8 heteroatoms. The van der Waals surface area contributed by atoms with E-state index in [9.17, 15) is 14.4 Å². The molecule has 1 saturated carbocycles. The number of hydrogen-bond donors (Lipinski definition) is 3. The highest BCUT2D eigenvalue weighted by Gasteiger charge is 2.56. The lowest BCUT2D eigenvalue weighted by Gasteiger charge is -2.42. The largest absolute Gasteiger partial charge is 0.450 e. The Balaban J connectivity index is 1.59. The monoisotopic (exact) mass is 473 g/mol. The number of thioether (sulfide) groups is 1. The van der Waals surface area contributed by atoms with Crippen molar-refractivity contribution in [1.82, 2.24) is 10.6 Å². The van der Waals surface area contributed by atoms with Gasteiger partial charge in [0.25, 0.3) is 0 Å². The Morgan fingerprint density at radius 3 is 2.70 bits per heavy atom. The van der Waals surface area contributed by atoms with E-state index in [1.165, 1.54) is 6.42 Å². The second-order valence-electron chi connectivity index (χ2n) is 9.48. The highest BCUT2D eigenvalue weighted by molar-refractivity contribution is 8.00. The quantitative estimate of drug-likeness (QED) is 0.587. The number of rotatable bonds is 5. The lowest BCUT2D eigenvalue weighted by molar-refractivity contribution is -0.136. The van der Waals surface area contributed by atoms with Gasteiger partial charge in [-0.15, -0.1) is 11.8 Å². The molecule has 0 spiro atoms. The Kier molecular flexibility index (Phi) is 7.51. The average Bonchev–Trinajstić information content (AvgIpc) is 3.23. The molecule has 4 unspecified atom stereocenters. The molecule has 1 aromatic carbocycles. The molecule has 180 valence electrons. The lowest BCUT2D eigenvalue weighted by atomic mass is 9.66. The van der Waals surface area contributed by atoms with Gasteiger partial charge in [-0.2, -0.15) is 0 Å². The Hall–Kier alpha value is -2.22. The van der Waals surface area contributed by atoms with E-state index >= 15 is 0 Å². The summed E-state index contributed by atoms with van der Waals surface area (Å²) < 4.78 is 4.99. The molecule has 0 radical (unpaired) electrons. The smallest absolute Gasteiger partial charge is 0.413 e. The number of para-hydroxylation sites is 1. The minimum Gasteiger partial charge on any atom is -0.450 e. The minimum absolute atomic E-state index is 0.0423. The van der Waals surface area contributed by atoms with E-state index in [1.807, 2.05) is 24.3 Å². The van der Waals surface area contributed by atoms with Crippen LogP contribution in [0.25, 0.3) is 0 Å². The highest BCUT2D eigenvalue weighted by Crippen LogP contribution is 2.52. The molecule has 2 heterocycles. The number of hydrogen-bond acceptors (Lipinski definition) is 6. The van der Waals surface area contributed by atoms with E-state index in [4.69, 9.17) is 4.74 Å². The molecule has 1 aromatic rings. The van der Waals surface area contributed by atoms with Crippen molar-refractivity contribution in [2.75, 3.05) is 17.7 Å². The Morgan fingerprint density at radius 1 is 1.18 bits per heavy atom. The van der Waals surface area contributed by atoms with Gasteiger partial charge in [0, 0.05) is 11.7 Å². The molecule has 3 aliphatic rings. The van der Waals surface area contributed by atoms with Gasteiger partial charge < -0.3 is 15.4 Å². The zero-order valence-corrected chi connectivity index (χ0v) is 20.3. The number of alkyl carbamates (subject to hydrolysis) is 1. The number of imide groups is 1. The zero-order chi connectivity index (χ0) is 23.4. The predicted molar refractivity (Wildman–Crippen MR) is 130 cm³/mol. The van der Waals surface area contributed by atoms with Crippen molar-refractivity contribution in [3.8, 4) is 0 Å². The van der Waals surface area contributed by atoms with Crippen LogP contribution in [0.15, 0.2) is 24.3 Å². The van der Waals surface area contributed by atoms with Gasteiger partial charge in [0.1, 0.15) is 0 Å². The van der Waals surface area contributed by atoms with Crippen LogP contribution in [0.1, 0.15) is 70.3 Å². The fourth-order valence-electron chi connectivity index (χ4n) is 5.84. The number of ether oxygens (including phenoxy) is 1. The van der Waals surface area contributed by atoms with E-state index in [2.05, 4.69) is 22.9 Å². The summed E-state index contributed by atoms with van der Waals surface area (Å²) in [6, 6.07) is 8.12. The first-order valence-electron chi connectivity index (χ1n) is 12.2. The van der Waals surface area contributed by atoms with Crippen LogP contribution in [0.4, 0.5) is 10.5 Å². The standard InChI is InChI=1S/C25H35N3O4S/c1-3-32-24(31)28-22(30)25(17-9-5-4-6-10-17)13-14-33-23(25)27-21(29)19-15-16(2)26-20-12-8-7-11-18(19)20/h7-8,11-12,16-17,19,23,26H,3-6,9-10,13-15H2,1-2H3,(H,27,29)(H,28,30,31). The van der Waals surface area contributed by atoms with Gasteiger partial charge >= 0.3 is 6.09 Å². The summed E-state index contributed by atoms with van der Waals surface area (Å²) in [4.78, 5) is 39.3. The number of benzene rings is 1. The lowest BCUT2D eigenvalue weighted by Crippen LogP contribution is -2.57. The third kappa shape index (κ3) is 4.86. The highest BCUT2D eigenvalue weighted by atomic mass is 32.2. The predicted octanol–water partition coefficient (Wildman–Crippen LogP) is 4.39. The van der Waals surface area contributed by atoms with E-state index in [1.54, 1.807) is 18.7 Å². The first-order chi connectivity index (χ1) is 16.0. The van der Waals surface area contributed by atoms with Crippen molar-refractivity contribution >= 4 is 35.4 Å². The van der Waals surface area contributed by atoms with Gasteiger partial charge in [-0.25, -0.2) is 4.79 Å². The van der Waals surface area contributed by atoms with Gasteiger partial charge in [0.15, 0.2) is 0 Å². The van der Waals surface area contributed by atoms with Gasteiger partial charge in [-0.05, 0) is 62.8 Å². The first kappa shape index (κ1) is 23.9. The molecule has 3 amide bonds. The fraction of sp³-hybridized carbons (Fsp3) is 0.640. The van der Waals surface area contributed by atoms with Crippen LogP contribution in [0, 0.1) is 11.3 Å². The van der Waals surface area contributed by atoms with E-state index in [-0.39, 0.29) is 41.7 Å². The van der Waals surface area contributed by atoms with Crippen LogP contribution < -0.4 is 16.0 Å². The fourth-order valence-corrected chi connectivity index (χ4v) is 7.45. The number of carbonyl (C=O) groups is 3. The third-order valence-electron chi connectivity index (χ3n) is 7.43. The van der Waals surface area contributed by atoms with Gasteiger partial charge in [0.2, 0.25) is 11.8 Å². The molecule has 7 nitrogen and oxygen atoms in total. The molecular weight excluding hydrogens is 438 g/mol. The maximum Gasteiger partial charge on any atom is 0.413 e. The van der Waals surface area contributed by atoms with Crippen LogP contribution in [-0.2, 0) is 14.3 Å². The topological polar surface area (TPSA) is 96.5 Å². The molecule has 4 rings (SSSR count). The van der Waals surface area contributed by atoms with Gasteiger partial charge in [-0.1, -0.05) is 37.5 Å². The summed E-state index contributed by atoms with van der Waals surface area (Å²) in [5.41, 5.74) is 1.19. The van der Waals surface area contributed by atoms with Gasteiger partial charge in [0.05, 0.1) is 23.3 Å². The van der Waals surface area contributed by atoms with Crippen molar-refractivity contribution in [3.05, 3.63) is 29.8 Å². The number of nitrogens with one attached hydrogen (secondary N) is 3. The molecule has 0 bridgehead atoms. The molecule has 3 N–H and O–H groups in total. The zero-order valence-electron chi connectivity index (χ0n) is 19.5. The summed E-state index contributed by atoms with van der Waals surface area (Å²) in [7, 11) is 0. The molecule has 0 aromatic heterocycles. The second kappa shape index (κ2) is 10.4. The number of anilines is 1. The maximum absolute atomic E-state index is 13.6. The molecule has 33 heavy (non-hydrogen) atoms. The van der Waals surface area contributed by atoms with E-state index in [0.29, 0.717) is 12.8 Å². The van der Waals surface area contributed by atoms with Crippen molar-refractivity contribution in [3.63, 3.8) is 0 Å². The number of carbonyl (C=O) groups excluding carboxylic acids is 3. The molecular formula is C25H35N3O4S. The molecule has 2 fully saturated rings. The normalized spacial score (nSPS) is 29.5. The molecule has 4 atom stereocenters. The van der Waals surface area contributed by atoms with Gasteiger partial charge in [-0.3, -0.25) is 14.9 Å². The van der Waals surface area contributed by atoms with Crippen LogP contribution in [0.2, 0.25) is 0 Å².